The van der Waals surface area contributed by atoms with E-state index in [1.54, 1.807) is 43.3 Å². The third kappa shape index (κ3) is 7.39. The molecule has 7 nitrogen and oxygen atoms in total. The zero-order valence-corrected chi connectivity index (χ0v) is 23.9. The van der Waals surface area contributed by atoms with Crippen molar-refractivity contribution in [1.82, 2.24) is 10.2 Å². The summed E-state index contributed by atoms with van der Waals surface area (Å²) >= 11 is 1.51. The highest BCUT2D eigenvalue weighted by molar-refractivity contribution is 7.98. The number of hydrogen-bond donors (Lipinski definition) is 1. The van der Waals surface area contributed by atoms with Gasteiger partial charge in [0, 0.05) is 18.0 Å². The van der Waals surface area contributed by atoms with Crippen molar-refractivity contribution in [2.75, 3.05) is 23.7 Å². The Hall–Kier alpha value is -3.30. The predicted octanol–water partition coefficient (Wildman–Crippen LogP) is 4.86. The molecule has 38 heavy (non-hydrogen) atoms. The van der Waals surface area contributed by atoms with Gasteiger partial charge < -0.3 is 10.2 Å². The normalized spacial score (nSPS) is 12.0. The molecule has 0 fully saturated rings. The van der Waals surface area contributed by atoms with Gasteiger partial charge in [0.05, 0.1) is 10.6 Å². The Labute approximate surface area is 230 Å². The molecule has 0 aliphatic rings. The van der Waals surface area contributed by atoms with Crippen LogP contribution in [0.2, 0.25) is 0 Å². The van der Waals surface area contributed by atoms with Gasteiger partial charge in [-0.05, 0) is 68.5 Å². The molecule has 3 aromatic carbocycles. The van der Waals surface area contributed by atoms with Crippen LogP contribution in [0.4, 0.5) is 5.69 Å². The first-order valence-electron chi connectivity index (χ1n) is 12.5. The van der Waals surface area contributed by atoms with Gasteiger partial charge in [0.1, 0.15) is 12.6 Å². The van der Waals surface area contributed by atoms with E-state index in [1.807, 2.05) is 62.6 Å². The Morgan fingerprint density at radius 2 is 1.58 bits per heavy atom. The third-order valence-corrected chi connectivity index (χ3v) is 8.69. The van der Waals surface area contributed by atoms with Crippen molar-refractivity contribution >= 4 is 39.3 Å². The number of sulfonamides is 1. The quantitative estimate of drug-likeness (QED) is 0.324. The first-order chi connectivity index (χ1) is 18.2. The number of hydrogen-bond acceptors (Lipinski definition) is 5. The molecule has 0 spiro atoms. The smallest absolute Gasteiger partial charge is 0.264 e. The number of anilines is 1. The number of carbonyl (C=O) groups excluding carboxylic acids is 2. The molecule has 1 N–H and O–H groups in total. The van der Waals surface area contributed by atoms with Crippen LogP contribution in [-0.2, 0) is 26.2 Å². The maximum Gasteiger partial charge on any atom is 0.264 e. The summed E-state index contributed by atoms with van der Waals surface area (Å²) in [6.07, 6.45) is 2.68. The monoisotopic (exact) mass is 553 g/mol. The lowest BCUT2D eigenvalue weighted by atomic mass is 10.1. The molecule has 0 aromatic heterocycles. The van der Waals surface area contributed by atoms with Gasteiger partial charge in [-0.15, -0.1) is 11.8 Å². The van der Waals surface area contributed by atoms with Crippen LogP contribution in [0.25, 0.3) is 0 Å². The summed E-state index contributed by atoms with van der Waals surface area (Å²) in [6.45, 7) is 5.74. The van der Waals surface area contributed by atoms with Crippen molar-refractivity contribution in [3.8, 4) is 0 Å². The van der Waals surface area contributed by atoms with Gasteiger partial charge in [0.25, 0.3) is 10.0 Å². The Kier molecular flexibility index (Phi) is 10.4. The van der Waals surface area contributed by atoms with Gasteiger partial charge in [-0.2, -0.15) is 0 Å². The number of nitrogens with one attached hydrogen (secondary N) is 1. The summed E-state index contributed by atoms with van der Waals surface area (Å²) < 4.78 is 28.8. The number of rotatable bonds is 12. The topological polar surface area (TPSA) is 86.8 Å². The molecule has 202 valence electrons. The van der Waals surface area contributed by atoms with Gasteiger partial charge in [0.15, 0.2) is 0 Å². The molecule has 0 saturated carbocycles. The zero-order valence-electron chi connectivity index (χ0n) is 22.3. The Bertz CT molecular complexity index is 1310. The number of aryl methyl sites for hydroxylation is 1. The van der Waals surface area contributed by atoms with Gasteiger partial charge in [0.2, 0.25) is 11.8 Å². The second-order valence-corrected chi connectivity index (χ2v) is 11.7. The van der Waals surface area contributed by atoms with E-state index in [2.05, 4.69) is 5.32 Å². The van der Waals surface area contributed by atoms with Gasteiger partial charge in [-0.3, -0.25) is 13.9 Å². The molecule has 3 aromatic rings. The molecule has 0 saturated heterocycles. The van der Waals surface area contributed by atoms with E-state index in [9.17, 15) is 18.0 Å². The molecule has 1 atom stereocenters. The van der Waals surface area contributed by atoms with Gasteiger partial charge >= 0.3 is 0 Å². The predicted molar refractivity (Wildman–Crippen MR) is 154 cm³/mol. The second-order valence-electron chi connectivity index (χ2n) is 9.00. The van der Waals surface area contributed by atoms with Crippen LogP contribution in [0.5, 0.6) is 0 Å². The Balaban J connectivity index is 2.00. The van der Waals surface area contributed by atoms with Crippen LogP contribution < -0.4 is 9.62 Å². The minimum Gasteiger partial charge on any atom is -0.354 e. The second kappa shape index (κ2) is 13.5. The van der Waals surface area contributed by atoms with E-state index < -0.39 is 28.5 Å². The van der Waals surface area contributed by atoms with Crippen LogP contribution in [0.3, 0.4) is 0 Å². The van der Waals surface area contributed by atoms with Crippen molar-refractivity contribution in [1.29, 1.82) is 0 Å². The highest BCUT2D eigenvalue weighted by atomic mass is 32.2. The van der Waals surface area contributed by atoms with Crippen molar-refractivity contribution < 1.29 is 18.0 Å². The number of amides is 2. The molecule has 0 aliphatic heterocycles. The first-order valence-corrected chi connectivity index (χ1v) is 15.2. The van der Waals surface area contributed by atoms with Gasteiger partial charge in [-0.1, -0.05) is 55.0 Å². The molecule has 0 aliphatic carbocycles. The molecule has 9 heteroatoms. The van der Waals surface area contributed by atoms with Crippen molar-refractivity contribution in [3.05, 3.63) is 90.0 Å². The van der Waals surface area contributed by atoms with Crippen molar-refractivity contribution in [2.45, 2.75) is 49.6 Å². The van der Waals surface area contributed by atoms with E-state index in [0.717, 1.165) is 26.7 Å². The summed E-state index contributed by atoms with van der Waals surface area (Å²) in [5, 5.41) is 2.84. The fraction of sp³-hybridized carbons (Fsp3) is 0.310. The maximum absolute atomic E-state index is 13.8. The molecule has 3 rings (SSSR count). The Morgan fingerprint density at radius 1 is 0.947 bits per heavy atom. The summed E-state index contributed by atoms with van der Waals surface area (Å²) in [7, 11) is -4.08. The first kappa shape index (κ1) is 29.3. The van der Waals surface area contributed by atoms with Gasteiger partial charge in [-0.25, -0.2) is 8.42 Å². The zero-order chi connectivity index (χ0) is 27.7. The van der Waals surface area contributed by atoms with Crippen LogP contribution in [-0.4, -0.2) is 50.5 Å². The minimum absolute atomic E-state index is 0.0898. The maximum atomic E-state index is 13.8. The molecular weight excluding hydrogens is 518 g/mol. The largest absolute Gasteiger partial charge is 0.354 e. The van der Waals surface area contributed by atoms with E-state index in [4.69, 9.17) is 0 Å². The SMILES string of the molecule is CCCNC(=O)[C@H](C)N(Cc1ccccc1)C(=O)CN(c1ccc(C)cc1)S(=O)(=O)c1ccc(SC)cc1. The van der Waals surface area contributed by atoms with Crippen LogP contribution in [0, 0.1) is 6.92 Å². The Morgan fingerprint density at radius 3 is 2.16 bits per heavy atom. The average Bonchev–Trinajstić information content (AvgIpc) is 2.93. The van der Waals surface area contributed by atoms with Crippen molar-refractivity contribution in [3.63, 3.8) is 0 Å². The standard InChI is InChI=1S/C29H35N3O4S2/c1-5-19-30-29(34)23(3)31(20-24-9-7-6-8-10-24)28(33)21-32(25-13-11-22(2)12-14-25)38(35,36)27-17-15-26(37-4)16-18-27/h6-18,23H,5,19-21H2,1-4H3,(H,30,34)/t23-/m0/s1. The lowest BCUT2D eigenvalue weighted by Crippen LogP contribution is -2.51. The van der Waals surface area contributed by atoms with E-state index in [1.165, 1.54) is 16.7 Å². The summed E-state index contributed by atoms with van der Waals surface area (Å²) in [5.74, 6) is -0.758. The van der Waals surface area contributed by atoms with Crippen LogP contribution >= 0.6 is 11.8 Å². The highest BCUT2D eigenvalue weighted by Crippen LogP contribution is 2.26. The number of benzene rings is 3. The fourth-order valence-corrected chi connectivity index (χ4v) is 5.70. The molecule has 0 heterocycles. The molecule has 0 radical (unpaired) electrons. The lowest BCUT2D eigenvalue weighted by molar-refractivity contribution is -0.139. The van der Waals surface area contributed by atoms with E-state index in [0.29, 0.717) is 12.2 Å². The molecule has 0 bridgehead atoms. The molecule has 0 unspecified atom stereocenters. The third-order valence-electron chi connectivity index (χ3n) is 6.16. The fourth-order valence-electron chi connectivity index (χ4n) is 3.87. The lowest BCUT2D eigenvalue weighted by Gasteiger charge is -2.32. The summed E-state index contributed by atoms with van der Waals surface area (Å²) in [5.41, 5.74) is 2.18. The van der Waals surface area contributed by atoms with Crippen molar-refractivity contribution in [2.24, 2.45) is 0 Å². The molecular formula is C29H35N3O4S2. The summed E-state index contributed by atoms with van der Waals surface area (Å²) in [6, 6.07) is 22.1. The average molecular weight is 554 g/mol. The van der Waals surface area contributed by atoms with E-state index in [-0.39, 0.29) is 17.3 Å². The van der Waals surface area contributed by atoms with Crippen LogP contribution in [0.15, 0.2) is 88.7 Å². The van der Waals surface area contributed by atoms with E-state index >= 15 is 0 Å². The summed E-state index contributed by atoms with van der Waals surface area (Å²) in [4.78, 5) is 29.2. The molecule has 2 amide bonds. The number of thioether (sulfide) groups is 1. The highest BCUT2D eigenvalue weighted by Gasteiger charge is 2.32. The van der Waals surface area contributed by atoms with Crippen LogP contribution in [0.1, 0.15) is 31.4 Å². The minimum atomic E-state index is -4.08. The number of carbonyl (C=O) groups is 2. The number of nitrogens with zero attached hydrogens (tertiary/aromatic N) is 2.